The highest BCUT2D eigenvalue weighted by Crippen LogP contribution is 2.19. The molecule has 0 saturated heterocycles. The molecule has 1 aromatic heterocycles. The van der Waals surface area contributed by atoms with Crippen molar-refractivity contribution in [3.63, 3.8) is 0 Å². The quantitative estimate of drug-likeness (QED) is 0.885. The van der Waals surface area contributed by atoms with E-state index in [-0.39, 0.29) is 17.8 Å². The van der Waals surface area contributed by atoms with E-state index in [2.05, 4.69) is 31.5 Å². The molecule has 0 aliphatic heterocycles. The summed E-state index contributed by atoms with van der Waals surface area (Å²) < 4.78 is 13.9. The van der Waals surface area contributed by atoms with Gasteiger partial charge in [-0.1, -0.05) is 12.1 Å². The summed E-state index contributed by atoms with van der Waals surface area (Å²) in [5, 5.41) is 5.71. The first-order valence-corrected chi connectivity index (χ1v) is 7.20. The average Bonchev–Trinajstić information content (AvgIpc) is 2.47. The summed E-state index contributed by atoms with van der Waals surface area (Å²) in [7, 11) is 1.70. The second-order valence-corrected chi connectivity index (χ2v) is 5.47. The van der Waals surface area contributed by atoms with E-state index >= 15 is 0 Å². The number of carbonyl (C=O) groups is 1. The molecular weight excluding hydrogens is 337 g/mol. The molecule has 0 aliphatic rings. The molecule has 2 aromatic rings. The Kier molecular flexibility index (Phi) is 4.90. The molecule has 4 nitrogen and oxygen atoms in total. The van der Waals surface area contributed by atoms with Gasteiger partial charge in [-0.25, -0.2) is 9.37 Å². The van der Waals surface area contributed by atoms with Crippen LogP contribution in [0.1, 0.15) is 28.9 Å². The number of hydrogen-bond acceptors (Lipinski definition) is 3. The van der Waals surface area contributed by atoms with Crippen molar-refractivity contribution in [1.29, 1.82) is 0 Å². The first kappa shape index (κ1) is 15.4. The van der Waals surface area contributed by atoms with Crippen LogP contribution in [0.5, 0.6) is 0 Å². The van der Waals surface area contributed by atoms with Gasteiger partial charge in [-0.2, -0.15) is 0 Å². The molecule has 2 rings (SSSR count). The van der Waals surface area contributed by atoms with E-state index in [1.165, 1.54) is 12.1 Å². The summed E-state index contributed by atoms with van der Waals surface area (Å²) >= 11 is 3.29. The number of carbonyl (C=O) groups excluding carboxylic acids is 1. The van der Waals surface area contributed by atoms with E-state index in [0.717, 1.165) is 0 Å². The van der Waals surface area contributed by atoms with Crippen LogP contribution in [0.25, 0.3) is 0 Å². The number of anilines is 1. The van der Waals surface area contributed by atoms with Gasteiger partial charge >= 0.3 is 0 Å². The summed E-state index contributed by atoms with van der Waals surface area (Å²) in [4.78, 5) is 16.5. The van der Waals surface area contributed by atoms with Gasteiger partial charge in [-0.15, -0.1) is 0 Å². The molecule has 2 N–H and O–H groups in total. The van der Waals surface area contributed by atoms with Gasteiger partial charge in [-0.05, 0) is 46.6 Å². The SMILES string of the molecule is CNc1ncc(Br)cc1C(=O)NC(C)c1cccc(F)c1. The molecule has 1 unspecified atom stereocenters. The number of hydrogen-bond donors (Lipinski definition) is 2. The molecular formula is C15H15BrFN3O. The fourth-order valence-electron chi connectivity index (χ4n) is 1.95. The van der Waals surface area contributed by atoms with Gasteiger partial charge in [0.15, 0.2) is 0 Å². The van der Waals surface area contributed by atoms with Gasteiger partial charge in [0.25, 0.3) is 5.91 Å². The molecule has 6 heteroatoms. The van der Waals surface area contributed by atoms with Crippen LogP contribution >= 0.6 is 15.9 Å². The molecule has 1 heterocycles. The zero-order chi connectivity index (χ0) is 15.4. The summed E-state index contributed by atoms with van der Waals surface area (Å²) in [6, 6.07) is 7.54. The second kappa shape index (κ2) is 6.67. The van der Waals surface area contributed by atoms with E-state index in [1.807, 2.05) is 0 Å². The Bertz CT molecular complexity index is 663. The maximum absolute atomic E-state index is 13.2. The lowest BCUT2D eigenvalue weighted by atomic mass is 10.1. The predicted molar refractivity (Wildman–Crippen MR) is 83.8 cm³/mol. The maximum atomic E-state index is 13.2. The van der Waals surface area contributed by atoms with Gasteiger partial charge in [0, 0.05) is 17.7 Å². The maximum Gasteiger partial charge on any atom is 0.255 e. The third kappa shape index (κ3) is 3.78. The number of amides is 1. The Morgan fingerprint density at radius 1 is 1.38 bits per heavy atom. The van der Waals surface area contributed by atoms with Crippen molar-refractivity contribution < 1.29 is 9.18 Å². The van der Waals surface area contributed by atoms with Crippen LogP contribution < -0.4 is 10.6 Å². The second-order valence-electron chi connectivity index (χ2n) is 4.55. The Hall–Kier alpha value is -1.95. The van der Waals surface area contributed by atoms with Gasteiger partial charge < -0.3 is 10.6 Å². The molecule has 1 atom stereocenters. The van der Waals surface area contributed by atoms with Crippen molar-refractivity contribution in [1.82, 2.24) is 10.3 Å². The summed E-state index contributed by atoms with van der Waals surface area (Å²) in [6.45, 7) is 1.80. The van der Waals surface area contributed by atoms with Crippen LogP contribution in [0.15, 0.2) is 41.0 Å². The van der Waals surface area contributed by atoms with Crippen molar-refractivity contribution in [2.24, 2.45) is 0 Å². The number of rotatable bonds is 4. The van der Waals surface area contributed by atoms with Gasteiger partial charge in [-0.3, -0.25) is 4.79 Å². The zero-order valence-electron chi connectivity index (χ0n) is 11.7. The molecule has 1 amide bonds. The van der Waals surface area contributed by atoms with E-state index in [9.17, 15) is 9.18 Å². The van der Waals surface area contributed by atoms with E-state index in [4.69, 9.17) is 0 Å². The third-order valence-electron chi connectivity index (χ3n) is 3.03. The minimum Gasteiger partial charge on any atom is -0.372 e. The molecule has 0 bridgehead atoms. The Morgan fingerprint density at radius 2 is 2.14 bits per heavy atom. The van der Waals surface area contributed by atoms with E-state index in [1.54, 1.807) is 38.4 Å². The van der Waals surface area contributed by atoms with Crippen LogP contribution in [0.3, 0.4) is 0 Å². The highest BCUT2D eigenvalue weighted by Gasteiger charge is 2.16. The van der Waals surface area contributed by atoms with Crippen LogP contribution in [0.2, 0.25) is 0 Å². The number of pyridine rings is 1. The first-order valence-electron chi connectivity index (χ1n) is 6.41. The van der Waals surface area contributed by atoms with Crippen LogP contribution in [-0.4, -0.2) is 17.9 Å². The third-order valence-corrected chi connectivity index (χ3v) is 3.47. The highest BCUT2D eigenvalue weighted by molar-refractivity contribution is 9.10. The molecule has 21 heavy (non-hydrogen) atoms. The predicted octanol–water partition coefficient (Wildman–Crippen LogP) is 3.52. The Labute approximate surface area is 130 Å². The number of halogens is 2. The summed E-state index contributed by atoms with van der Waals surface area (Å²) in [6.07, 6.45) is 1.61. The molecule has 1 aromatic carbocycles. The van der Waals surface area contributed by atoms with Crippen molar-refractivity contribution in [2.75, 3.05) is 12.4 Å². The summed E-state index contributed by atoms with van der Waals surface area (Å²) in [5.41, 5.74) is 1.13. The smallest absolute Gasteiger partial charge is 0.255 e. The number of benzene rings is 1. The van der Waals surface area contributed by atoms with Gasteiger partial charge in [0.2, 0.25) is 0 Å². The minimum absolute atomic E-state index is 0.273. The van der Waals surface area contributed by atoms with Crippen LogP contribution in [-0.2, 0) is 0 Å². The standard InChI is InChI=1S/C15H15BrFN3O/c1-9(10-4-3-5-12(17)6-10)20-15(21)13-7-11(16)8-19-14(13)18-2/h3-9H,1-2H3,(H,18,19)(H,20,21). The monoisotopic (exact) mass is 351 g/mol. The molecule has 0 fully saturated rings. The number of aromatic nitrogens is 1. The lowest BCUT2D eigenvalue weighted by Gasteiger charge is -2.16. The molecule has 110 valence electrons. The Morgan fingerprint density at radius 3 is 2.81 bits per heavy atom. The Balaban J connectivity index is 2.20. The molecule has 0 saturated carbocycles. The largest absolute Gasteiger partial charge is 0.372 e. The number of nitrogens with zero attached hydrogens (tertiary/aromatic N) is 1. The van der Waals surface area contributed by atoms with Crippen LogP contribution in [0, 0.1) is 5.82 Å². The molecule has 0 spiro atoms. The van der Waals surface area contributed by atoms with Gasteiger partial charge in [0.1, 0.15) is 11.6 Å². The van der Waals surface area contributed by atoms with Crippen LogP contribution in [0.4, 0.5) is 10.2 Å². The van der Waals surface area contributed by atoms with Crippen molar-refractivity contribution in [2.45, 2.75) is 13.0 Å². The minimum atomic E-state index is -0.325. The summed E-state index contributed by atoms with van der Waals surface area (Å²) in [5.74, 6) is -0.110. The average molecular weight is 352 g/mol. The van der Waals surface area contributed by atoms with E-state index in [0.29, 0.717) is 21.4 Å². The normalized spacial score (nSPS) is 11.8. The van der Waals surface area contributed by atoms with Crippen molar-refractivity contribution in [3.8, 4) is 0 Å². The molecule has 0 radical (unpaired) electrons. The fraction of sp³-hybridized carbons (Fsp3) is 0.200. The molecule has 0 aliphatic carbocycles. The van der Waals surface area contributed by atoms with Crippen molar-refractivity contribution >= 4 is 27.7 Å². The highest BCUT2D eigenvalue weighted by atomic mass is 79.9. The fourth-order valence-corrected chi connectivity index (χ4v) is 2.28. The van der Waals surface area contributed by atoms with E-state index < -0.39 is 0 Å². The zero-order valence-corrected chi connectivity index (χ0v) is 13.2. The number of nitrogens with one attached hydrogen (secondary N) is 2. The lowest BCUT2D eigenvalue weighted by Crippen LogP contribution is -2.27. The first-order chi connectivity index (χ1) is 10.0. The van der Waals surface area contributed by atoms with Gasteiger partial charge in [0.05, 0.1) is 11.6 Å². The van der Waals surface area contributed by atoms with Crippen molar-refractivity contribution in [3.05, 3.63) is 57.9 Å². The lowest BCUT2D eigenvalue weighted by molar-refractivity contribution is 0.0940. The topological polar surface area (TPSA) is 54.0 Å².